The van der Waals surface area contributed by atoms with E-state index >= 15 is 0 Å². The second-order valence-corrected chi connectivity index (χ2v) is 4.30. The van der Waals surface area contributed by atoms with Gasteiger partial charge in [-0.1, -0.05) is 18.2 Å². The summed E-state index contributed by atoms with van der Waals surface area (Å²) in [5, 5.41) is 13.6. The van der Waals surface area contributed by atoms with Gasteiger partial charge >= 0.3 is 0 Å². The van der Waals surface area contributed by atoms with Crippen LogP contribution in [-0.2, 0) is 0 Å². The molecule has 0 aliphatic carbocycles. The maximum Gasteiger partial charge on any atom is 0.288 e. The van der Waals surface area contributed by atoms with Crippen LogP contribution in [-0.4, -0.2) is 29.9 Å². The molecule has 0 radical (unpaired) electrons. The first-order valence-electron chi connectivity index (χ1n) is 6.20. The normalized spacial score (nSPS) is 10.0. The molecular weight excluding hydrogens is 272 g/mol. The van der Waals surface area contributed by atoms with Crippen molar-refractivity contribution in [3.8, 4) is 0 Å². The van der Waals surface area contributed by atoms with Crippen LogP contribution in [0.5, 0.6) is 0 Å². The third kappa shape index (κ3) is 2.97. The molecule has 0 fully saturated rings. The molecule has 2 aromatic rings. The van der Waals surface area contributed by atoms with Gasteiger partial charge in [0.2, 0.25) is 0 Å². The Bertz CT molecular complexity index is 673. The number of hydrogen-bond acceptors (Lipinski definition) is 5. The average molecular weight is 286 g/mol. The van der Waals surface area contributed by atoms with Crippen molar-refractivity contribution < 1.29 is 9.72 Å². The lowest BCUT2D eigenvalue weighted by atomic mass is 10.2. The molecule has 7 heteroatoms. The van der Waals surface area contributed by atoms with Crippen LogP contribution in [0.1, 0.15) is 10.4 Å². The van der Waals surface area contributed by atoms with Crippen molar-refractivity contribution in [2.75, 3.05) is 24.3 Å². The van der Waals surface area contributed by atoms with Gasteiger partial charge < -0.3 is 10.2 Å². The lowest BCUT2D eigenvalue weighted by molar-refractivity contribution is -0.385. The molecule has 0 aliphatic rings. The van der Waals surface area contributed by atoms with Crippen LogP contribution in [0.25, 0.3) is 0 Å². The van der Waals surface area contributed by atoms with Gasteiger partial charge in [-0.3, -0.25) is 14.9 Å². The first-order chi connectivity index (χ1) is 10.0. The second kappa shape index (κ2) is 6.00. The molecule has 0 atom stereocenters. The average Bonchev–Trinajstić information content (AvgIpc) is 2.53. The summed E-state index contributed by atoms with van der Waals surface area (Å²) in [6, 6.07) is 10.2. The van der Waals surface area contributed by atoms with E-state index in [1.807, 2.05) is 18.2 Å². The Kier molecular flexibility index (Phi) is 4.13. The third-order valence-electron chi connectivity index (χ3n) is 3.00. The summed E-state index contributed by atoms with van der Waals surface area (Å²) in [4.78, 5) is 28.1. The number of nitro groups is 1. The molecular formula is C14H14N4O3. The number of aromatic nitrogens is 1. The number of anilines is 2. The molecule has 1 amide bonds. The molecule has 1 N–H and O–H groups in total. The van der Waals surface area contributed by atoms with Gasteiger partial charge in [-0.15, -0.1) is 0 Å². The summed E-state index contributed by atoms with van der Waals surface area (Å²) < 4.78 is 0. The molecule has 0 spiro atoms. The van der Waals surface area contributed by atoms with Crippen molar-refractivity contribution in [2.24, 2.45) is 0 Å². The van der Waals surface area contributed by atoms with Gasteiger partial charge in [0.1, 0.15) is 12.0 Å². The minimum atomic E-state index is -0.578. The van der Waals surface area contributed by atoms with E-state index in [0.29, 0.717) is 11.5 Å². The Hall–Kier alpha value is -2.96. The van der Waals surface area contributed by atoms with Crippen molar-refractivity contribution in [3.63, 3.8) is 0 Å². The van der Waals surface area contributed by atoms with Gasteiger partial charge in [0.15, 0.2) is 0 Å². The first-order valence-corrected chi connectivity index (χ1v) is 6.20. The molecule has 1 aromatic carbocycles. The molecule has 108 valence electrons. The van der Waals surface area contributed by atoms with E-state index in [-0.39, 0.29) is 17.2 Å². The molecule has 7 nitrogen and oxygen atoms in total. The standard InChI is InChI=1S/C14H14N4O3/c1-15-13-12(8-11(9-16-13)18(20)21)14(19)17(2)10-6-4-3-5-7-10/h3-9H,1-2H3,(H,15,16). The van der Waals surface area contributed by atoms with Crippen LogP contribution < -0.4 is 10.2 Å². The van der Waals surface area contributed by atoms with Crippen molar-refractivity contribution in [1.29, 1.82) is 0 Å². The predicted octanol–water partition coefficient (Wildman–Crippen LogP) is 2.31. The van der Waals surface area contributed by atoms with Crippen molar-refractivity contribution in [1.82, 2.24) is 4.98 Å². The molecule has 1 heterocycles. The van der Waals surface area contributed by atoms with Crippen LogP contribution in [0, 0.1) is 10.1 Å². The lowest BCUT2D eigenvalue weighted by Gasteiger charge is -2.18. The van der Waals surface area contributed by atoms with Crippen molar-refractivity contribution in [2.45, 2.75) is 0 Å². The smallest absolute Gasteiger partial charge is 0.288 e. The van der Waals surface area contributed by atoms with Gasteiger partial charge in [0, 0.05) is 25.8 Å². The van der Waals surface area contributed by atoms with E-state index in [0.717, 1.165) is 6.20 Å². The molecule has 0 bridgehead atoms. The van der Waals surface area contributed by atoms with Gasteiger partial charge in [-0.25, -0.2) is 4.98 Å². The number of nitrogens with zero attached hydrogens (tertiary/aromatic N) is 3. The van der Waals surface area contributed by atoms with E-state index in [2.05, 4.69) is 10.3 Å². The number of hydrogen-bond donors (Lipinski definition) is 1. The maximum absolute atomic E-state index is 12.5. The predicted molar refractivity (Wildman–Crippen MR) is 79.6 cm³/mol. The quantitative estimate of drug-likeness (QED) is 0.688. The largest absolute Gasteiger partial charge is 0.372 e. The van der Waals surface area contributed by atoms with Crippen LogP contribution in [0.2, 0.25) is 0 Å². The van der Waals surface area contributed by atoms with E-state index in [4.69, 9.17) is 0 Å². The molecule has 0 saturated heterocycles. The van der Waals surface area contributed by atoms with Crippen molar-refractivity contribution in [3.05, 3.63) is 58.3 Å². The van der Waals surface area contributed by atoms with Crippen LogP contribution in [0.15, 0.2) is 42.6 Å². The topological polar surface area (TPSA) is 88.4 Å². The number of para-hydroxylation sites is 1. The molecule has 21 heavy (non-hydrogen) atoms. The number of carbonyl (C=O) groups is 1. The fourth-order valence-corrected chi connectivity index (χ4v) is 1.87. The van der Waals surface area contributed by atoms with Crippen LogP contribution in [0.3, 0.4) is 0 Å². The Labute approximate surface area is 121 Å². The van der Waals surface area contributed by atoms with Gasteiger partial charge in [0.05, 0.1) is 10.5 Å². The van der Waals surface area contributed by atoms with Gasteiger partial charge in [0.25, 0.3) is 11.6 Å². The summed E-state index contributed by atoms with van der Waals surface area (Å²) in [7, 11) is 3.21. The Morgan fingerprint density at radius 3 is 2.57 bits per heavy atom. The SMILES string of the molecule is CNc1ncc([N+](=O)[O-])cc1C(=O)N(C)c1ccccc1. The molecule has 0 saturated carbocycles. The number of carbonyl (C=O) groups excluding carboxylic acids is 1. The third-order valence-corrected chi connectivity index (χ3v) is 3.00. The number of pyridine rings is 1. The molecule has 0 unspecified atom stereocenters. The number of nitrogens with one attached hydrogen (secondary N) is 1. The summed E-state index contributed by atoms with van der Waals surface area (Å²) in [6.45, 7) is 0. The highest BCUT2D eigenvalue weighted by atomic mass is 16.6. The summed E-state index contributed by atoms with van der Waals surface area (Å²) in [5.41, 5.74) is 0.618. The Morgan fingerprint density at radius 2 is 2.00 bits per heavy atom. The second-order valence-electron chi connectivity index (χ2n) is 4.30. The minimum absolute atomic E-state index is 0.151. The van der Waals surface area contributed by atoms with Gasteiger partial charge in [-0.2, -0.15) is 0 Å². The molecule has 0 aliphatic heterocycles. The number of benzene rings is 1. The highest BCUT2D eigenvalue weighted by molar-refractivity contribution is 6.09. The Balaban J connectivity index is 2.42. The van der Waals surface area contributed by atoms with Crippen LogP contribution in [0.4, 0.5) is 17.2 Å². The number of amides is 1. The summed E-state index contributed by atoms with van der Waals surface area (Å²) in [5.74, 6) is -0.0740. The highest BCUT2D eigenvalue weighted by Gasteiger charge is 2.21. The zero-order valence-electron chi connectivity index (χ0n) is 11.6. The van der Waals surface area contributed by atoms with Gasteiger partial charge in [-0.05, 0) is 12.1 Å². The van der Waals surface area contributed by atoms with E-state index in [1.165, 1.54) is 11.0 Å². The zero-order chi connectivity index (χ0) is 15.4. The fraction of sp³-hybridized carbons (Fsp3) is 0.143. The molecule has 2 rings (SSSR count). The summed E-state index contributed by atoms with van der Waals surface area (Å²) in [6.07, 6.45) is 1.12. The summed E-state index contributed by atoms with van der Waals surface area (Å²) >= 11 is 0. The zero-order valence-corrected chi connectivity index (χ0v) is 11.6. The fourth-order valence-electron chi connectivity index (χ4n) is 1.87. The number of rotatable bonds is 4. The Morgan fingerprint density at radius 1 is 1.33 bits per heavy atom. The minimum Gasteiger partial charge on any atom is -0.372 e. The van der Waals surface area contributed by atoms with Crippen molar-refractivity contribution >= 4 is 23.1 Å². The molecule has 1 aromatic heterocycles. The first kappa shape index (κ1) is 14.4. The highest BCUT2D eigenvalue weighted by Crippen LogP contribution is 2.22. The van der Waals surface area contributed by atoms with E-state index in [9.17, 15) is 14.9 Å². The lowest BCUT2D eigenvalue weighted by Crippen LogP contribution is -2.27. The maximum atomic E-state index is 12.5. The van der Waals surface area contributed by atoms with E-state index < -0.39 is 4.92 Å². The monoisotopic (exact) mass is 286 g/mol. The van der Waals surface area contributed by atoms with Crippen LogP contribution >= 0.6 is 0 Å². The van der Waals surface area contributed by atoms with E-state index in [1.54, 1.807) is 26.2 Å².